The van der Waals surface area contributed by atoms with Crippen molar-refractivity contribution in [3.8, 4) is 11.5 Å². The number of halogens is 2. The van der Waals surface area contributed by atoms with Crippen LogP contribution in [0.15, 0.2) is 24.3 Å². The first-order valence-corrected chi connectivity index (χ1v) is 8.20. The zero-order valence-electron chi connectivity index (χ0n) is 13.8. The van der Waals surface area contributed by atoms with Crippen molar-refractivity contribution in [3.63, 3.8) is 0 Å². The summed E-state index contributed by atoms with van der Waals surface area (Å²) in [4.78, 5) is 36.6. The molecule has 0 atom stereocenters. The van der Waals surface area contributed by atoms with Crippen LogP contribution in [0.5, 0.6) is 11.5 Å². The highest BCUT2D eigenvalue weighted by molar-refractivity contribution is 6.36. The van der Waals surface area contributed by atoms with E-state index in [2.05, 4.69) is 0 Å². The van der Waals surface area contributed by atoms with Gasteiger partial charge >= 0.3 is 5.97 Å². The lowest BCUT2D eigenvalue weighted by atomic mass is 9.95. The van der Waals surface area contributed by atoms with Crippen LogP contribution in [0.3, 0.4) is 0 Å². The number of hydrogen-bond donors (Lipinski definition) is 2. The monoisotopic (exact) mass is 396 g/mol. The largest absolute Gasteiger partial charge is 0.506 e. The van der Waals surface area contributed by atoms with Gasteiger partial charge in [-0.1, -0.05) is 23.2 Å². The minimum Gasteiger partial charge on any atom is -0.506 e. The third-order valence-corrected chi connectivity index (χ3v) is 4.03. The first-order chi connectivity index (χ1) is 12.2. The van der Waals surface area contributed by atoms with Crippen LogP contribution in [0.1, 0.15) is 50.5 Å². The molecule has 136 valence electrons. The molecule has 0 aromatic heterocycles. The van der Waals surface area contributed by atoms with Gasteiger partial charge < -0.3 is 14.9 Å². The van der Waals surface area contributed by atoms with Crippen LogP contribution in [0, 0.1) is 0 Å². The molecule has 0 amide bonds. The summed E-state index contributed by atoms with van der Waals surface area (Å²) in [5.74, 6) is -3.26. The highest BCUT2D eigenvalue weighted by atomic mass is 35.5. The summed E-state index contributed by atoms with van der Waals surface area (Å²) in [6, 6.07) is 4.67. The molecule has 26 heavy (non-hydrogen) atoms. The van der Waals surface area contributed by atoms with E-state index in [0.717, 1.165) is 12.1 Å². The van der Waals surface area contributed by atoms with Gasteiger partial charge in [0.15, 0.2) is 11.6 Å². The third kappa shape index (κ3) is 3.81. The Labute approximate surface area is 158 Å². The number of esters is 1. The normalized spacial score (nSPS) is 10.5. The lowest BCUT2D eigenvalue weighted by molar-refractivity contribution is 0.0523. The van der Waals surface area contributed by atoms with Gasteiger partial charge in [0.25, 0.3) is 0 Å². The summed E-state index contributed by atoms with van der Waals surface area (Å²) in [6.45, 7) is 2.78. The van der Waals surface area contributed by atoms with Crippen molar-refractivity contribution in [2.24, 2.45) is 0 Å². The summed E-state index contributed by atoms with van der Waals surface area (Å²) >= 11 is 11.7. The van der Waals surface area contributed by atoms with E-state index in [1.54, 1.807) is 6.92 Å². The van der Waals surface area contributed by atoms with E-state index < -0.39 is 29.0 Å². The van der Waals surface area contributed by atoms with Gasteiger partial charge in [-0.05, 0) is 38.1 Å². The summed E-state index contributed by atoms with van der Waals surface area (Å²) < 4.78 is 4.83. The fourth-order valence-corrected chi connectivity index (χ4v) is 2.79. The molecule has 0 unspecified atom stereocenters. The van der Waals surface area contributed by atoms with Crippen molar-refractivity contribution in [1.82, 2.24) is 0 Å². The zero-order chi connectivity index (χ0) is 19.6. The minimum absolute atomic E-state index is 0.0382. The molecule has 2 aromatic rings. The van der Waals surface area contributed by atoms with Gasteiger partial charge in [0.05, 0.1) is 22.8 Å². The molecule has 6 nitrogen and oxygen atoms in total. The molecular weight excluding hydrogens is 383 g/mol. The van der Waals surface area contributed by atoms with Crippen LogP contribution >= 0.6 is 23.2 Å². The lowest BCUT2D eigenvalue weighted by Gasteiger charge is -2.12. The summed E-state index contributed by atoms with van der Waals surface area (Å²) in [5.41, 5.74) is -0.899. The number of rotatable bonds is 5. The van der Waals surface area contributed by atoms with Crippen molar-refractivity contribution in [2.45, 2.75) is 13.8 Å². The topological polar surface area (TPSA) is 101 Å². The maximum atomic E-state index is 12.8. The quantitative estimate of drug-likeness (QED) is 0.584. The third-order valence-electron chi connectivity index (χ3n) is 3.52. The Balaban J connectivity index is 2.68. The van der Waals surface area contributed by atoms with Crippen LogP contribution < -0.4 is 0 Å². The van der Waals surface area contributed by atoms with E-state index in [4.69, 9.17) is 27.9 Å². The molecule has 0 aliphatic carbocycles. The van der Waals surface area contributed by atoms with Gasteiger partial charge in [-0.2, -0.15) is 0 Å². The second kappa shape index (κ2) is 7.76. The molecule has 0 saturated heterocycles. The van der Waals surface area contributed by atoms with E-state index in [9.17, 15) is 24.6 Å². The number of carbonyl (C=O) groups excluding carboxylic acids is 3. The Kier molecular flexibility index (Phi) is 5.90. The molecule has 0 radical (unpaired) electrons. The number of phenolic OH excluding ortho intramolecular Hbond substituents is 2. The fourth-order valence-electron chi connectivity index (χ4n) is 2.29. The van der Waals surface area contributed by atoms with E-state index in [1.807, 2.05) is 0 Å². The van der Waals surface area contributed by atoms with Crippen LogP contribution in [0.25, 0.3) is 0 Å². The Hall–Kier alpha value is -2.57. The molecule has 8 heteroatoms. The number of ketones is 2. The maximum Gasteiger partial charge on any atom is 0.341 e. The Bertz CT molecular complexity index is 920. The van der Waals surface area contributed by atoms with Crippen molar-refractivity contribution < 1.29 is 29.3 Å². The van der Waals surface area contributed by atoms with Gasteiger partial charge in [-0.25, -0.2) is 4.79 Å². The lowest BCUT2D eigenvalue weighted by Crippen LogP contribution is -2.11. The Morgan fingerprint density at radius 1 is 0.962 bits per heavy atom. The minimum atomic E-state index is -0.893. The van der Waals surface area contributed by atoms with E-state index in [-0.39, 0.29) is 38.9 Å². The van der Waals surface area contributed by atoms with Gasteiger partial charge in [0.2, 0.25) is 0 Å². The van der Waals surface area contributed by atoms with E-state index in [0.29, 0.717) is 0 Å². The summed E-state index contributed by atoms with van der Waals surface area (Å²) in [7, 11) is 0. The number of Topliss-reactive ketones (excluding diaryl/α,β-unsaturated/α-hetero) is 1. The smallest absolute Gasteiger partial charge is 0.341 e. The molecule has 0 saturated carbocycles. The fraction of sp³-hybridized carbons (Fsp3) is 0.167. The second-order valence-corrected chi connectivity index (χ2v) is 6.15. The molecule has 0 heterocycles. The second-order valence-electron chi connectivity index (χ2n) is 5.31. The first kappa shape index (κ1) is 19.8. The zero-order valence-corrected chi connectivity index (χ0v) is 15.3. The van der Waals surface area contributed by atoms with Crippen molar-refractivity contribution in [1.29, 1.82) is 0 Å². The van der Waals surface area contributed by atoms with Crippen molar-refractivity contribution >= 4 is 40.7 Å². The number of benzene rings is 2. The summed E-state index contributed by atoms with van der Waals surface area (Å²) in [6.07, 6.45) is 0. The Morgan fingerprint density at radius 2 is 1.58 bits per heavy atom. The van der Waals surface area contributed by atoms with Gasteiger partial charge in [0, 0.05) is 10.6 Å². The predicted octanol–water partition coefficient (Wildman–Crippen LogP) is 4.01. The number of ether oxygens (including phenoxy) is 1. The predicted molar refractivity (Wildman–Crippen MR) is 95.6 cm³/mol. The molecule has 2 rings (SSSR count). The first-order valence-electron chi connectivity index (χ1n) is 7.45. The molecule has 0 fully saturated rings. The molecular formula is C18H14Cl2O6. The van der Waals surface area contributed by atoms with Crippen molar-refractivity contribution in [2.75, 3.05) is 6.61 Å². The van der Waals surface area contributed by atoms with E-state index in [1.165, 1.54) is 19.1 Å². The molecule has 0 bridgehead atoms. The van der Waals surface area contributed by atoms with E-state index >= 15 is 0 Å². The number of hydrogen-bond acceptors (Lipinski definition) is 6. The number of aromatic hydroxyl groups is 2. The molecule has 0 spiro atoms. The van der Waals surface area contributed by atoms with Crippen LogP contribution in [0.4, 0.5) is 0 Å². The van der Waals surface area contributed by atoms with Gasteiger partial charge in [0.1, 0.15) is 17.1 Å². The highest BCUT2D eigenvalue weighted by Crippen LogP contribution is 2.34. The molecule has 0 aliphatic heterocycles. The maximum absolute atomic E-state index is 12.8. The SMILES string of the molecule is CCOC(=O)c1cc(C(=O)c2cc(Cl)cc(Cl)c2O)cc(C(C)=O)c1O. The Morgan fingerprint density at radius 3 is 2.15 bits per heavy atom. The summed E-state index contributed by atoms with van der Waals surface area (Å²) in [5, 5.41) is 20.2. The number of phenols is 2. The van der Waals surface area contributed by atoms with Crippen LogP contribution in [0.2, 0.25) is 10.0 Å². The average Bonchev–Trinajstić information content (AvgIpc) is 2.57. The van der Waals surface area contributed by atoms with Crippen molar-refractivity contribution in [3.05, 3.63) is 56.6 Å². The highest BCUT2D eigenvalue weighted by Gasteiger charge is 2.24. The van der Waals surface area contributed by atoms with Crippen LogP contribution in [-0.2, 0) is 4.74 Å². The van der Waals surface area contributed by atoms with Gasteiger partial charge in [-0.15, -0.1) is 0 Å². The number of carbonyl (C=O) groups is 3. The van der Waals surface area contributed by atoms with Crippen LogP contribution in [-0.4, -0.2) is 34.4 Å². The van der Waals surface area contributed by atoms with Gasteiger partial charge in [-0.3, -0.25) is 9.59 Å². The average molecular weight is 397 g/mol. The molecule has 2 N–H and O–H groups in total. The molecule has 0 aliphatic rings. The molecule has 2 aromatic carbocycles. The standard InChI is InChI=1S/C18H14Cl2O6/c1-3-26-18(25)13-5-9(4-11(8(2)21)16(13)23)15(22)12-6-10(19)7-14(20)17(12)24/h4-7,23-24H,3H2,1-2H3.